The summed E-state index contributed by atoms with van der Waals surface area (Å²) in [6, 6.07) is 6.28. The van der Waals surface area contributed by atoms with Gasteiger partial charge in [-0.15, -0.1) is 0 Å². The Morgan fingerprint density at radius 1 is 0.972 bits per heavy atom. The fraction of sp³-hybridized carbons (Fsp3) is 0.679. The van der Waals surface area contributed by atoms with Crippen molar-refractivity contribution >= 4 is 23.5 Å². The van der Waals surface area contributed by atoms with Crippen LogP contribution in [-0.2, 0) is 9.59 Å². The Morgan fingerprint density at radius 3 is 2.22 bits per heavy atom. The number of nitrogens with two attached hydrogens (primary N) is 1. The monoisotopic (exact) mass is 502 g/mol. The molecule has 1 aromatic carbocycles. The van der Waals surface area contributed by atoms with E-state index in [-0.39, 0.29) is 30.4 Å². The minimum Gasteiger partial charge on any atom is -0.497 e. The summed E-state index contributed by atoms with van der Waals surface area (Å²) >= 11 is 0. The summed E-state index contributed by atoms with van der Waals surface area (Å²) in [4.78, 5) is 41.0. The number of carbonyl (C=O) groups is 3. The van der Waals surface area contributed by atoms with E-state index >= 15 is 0 Å². The average Bonchev–Trinajstić information content (AvgIpc) is 3.15. The first kappa shape index (κ1) is 29.6. The Labute approximate surface area is 216 Å². The molecule has 3 N–H and O–H groups in total. The average molecular weight is 503 g/mol. The van der Waals surface area contributed by atoms with Gasteiger partial charge in [-0.25, -0.2) is 9.69 Å². The molecule has 1 saturated heterocycles. The number of rotatable bonds is 19. The van der Waals surface area contributed by atoms with E-state index < -0.39 is 0 Å². The molecule has 0 aliphatic carbocycles. The third kappa shape index (κ3) is 10.2. The van der Waals surface area contributed by atoms with E-state index in [1.165, 1.54) is 54.7 Å². The second-order valence-electron chi connectivity index (χ2n) is 9.72. The second kappa shape index (κ2) is 17.0. The molecule has 1 aliphatic rings. The summed E-state index contributed by atoms with van der Waals surface area (Å²) in [7, 11) is 1.57. The van der Waals surface area contributed by atoms with Crippen LogP contribution in [0.3, 0.4) is 0 Å². The molecule has 1 aromatic rings. The van der Waals surface area contributed by atoms with Crippen LogP contribution in [0.5, 0.6) is 5.75 Å². The van der Waals surface area contributed by atoms with Crippen molar-refractivity contribution in [3.63, 3.8) is 0 Å². The zero-order chi connectivity index (χ0) is 26.2. The molecule has 1 atom stereocenters. The number of methoxy groups -OCH3 is 1. The highest BCUT2D eigenvalue weighted by Crippen LogP contribution is 2.24. The van der Waals surface area contributed by atoms with E-state index in [9.17, 15) is 14.4 Å². The maximum absolute atomic E-state index is 13.0. The standard InChI is InChI=1S/C28H46N4O4/c1-3-4-5-6-7-8-9-10-11-15-26(33)30-23(14-12-13-20-29)21-31-22-27(34)32(28(31)35)24-16-18-25(36-2)19-17-24/h16-19,23H,3-15,20-22,29H2,1-2H3,(H,30,33)/t23-/m0/s1. The molecule has 1 aliphatic heterocycles. The number of ether oxygens (including phenoxy) is 1. The number of benzene rings is 1. The van der Waals surface area contributed by atoms with Gasteiger partial charge in [-0.05, 0) is 50.1 Å². The maximum Gasteiger partial charge on any atom is 0.331 e. The topological polar surface area (TPSA) is 105 Å². The van der Waals surface area contributed by atoms with E-state index in [0.29, 0.717) is 30.9 Å². The van der Waals surface area contributed by atoms with Crippen molar-refractivity contribution in [3.8, 4) is 5.75 Å². The summed E-state index contributed by atoms with van der Waals surface area (Å²) < 4.78 is 5.16. The number of anilines is 1. The van der Waals surface area contributed by atoms with Crippen molar-refractivity contribution in [3.05, 3.63) is 24.3 Å². The third-order valence-corrected chi connectivity index (χ3v) is 6.69. The first-order chi connectivity index (χ1) is 17.5. The van der Waals surface area contributed by atoms with Crippen molar-refractivity contribution in [2.45, 2.75) is 96.4 Å². The van der Waals surface area contributed by atoms with Crippen molar-refractivity contribution in [1.82, 2.24) is 10.2 Å². The molecule has 4 amide bonds. The number of amides is 4. The number of nitrogens with one attached hydrogen (secondary N) is 1. The Balaban J connectivity index is 1.82. The highest BCUT2D eigenvalue weighted by Gasteiger charge is 2.38. The lowest BCUT2D eigenvalue weighted by atomic mass is 10.1. The molecule has 8 heteroatoms. The first-order valence-corrected chi connectivity index (χ1v) is 13.8. The number of nitrogens with zero attached hydrogens (tertiary/aromatic N) is 2. The van der Waals surface area contributed by atoms with Crippen molar-refractivity contribution < 1.29 is 19.1 Å². The molecule has 8 nitrogen and oxygen atoms in total. The van der Waals surface area contributed by atoms with Crippen molar-refractivity contribution in [2.24, 2.45) is 5.73 Å². The molecule has 0 aromatic heterocycles. The Kier molecular flexibility index (Phi) is 13.9. The fourth-order valence-corrected chi connectivity index (χ4v) is 4.58. The van der Waals surface area contributed by atoms with Crippen LogP contribution in [0, 0.1) is 0 Å². The van der Waals surface area contributed by atoms with Crippen LogP contribution in [-0.4, -0.2) is 55.5 Å². The zero-order valence-electron chi connectivity index (χ0n) is 22.3. The second-order valence-corrected chi connectivity index (χ2v) is 9.72. The molecule has 0 bridgehead atoms. The molecule has 0 saturated carbocycles. The summed E-state index contributed by atoms with van der Waals surface area (Å²) in [6.07, 6.45) is 13.8. The van der Waals surface area contributed by atoms with Gasteiger partial charge in [0.1, 0.15) is 12.3 Å². The summed E-state index contributed by atoms with van der Waals surface area (Å²) in [5.41, 5.74) is 6.17. The van der Waals surface area contributed by atoms with Crippen LogP contribution in [0.1, 0.15) is 90.4 Å². The molecular formula is C28H46N4O4. The van der Waals surface area contributed by atoms with E-state index in [1.807, 2.05) is 0 Å². The van der Waals surface area contributed by atoms with Gasteiger partial charge < -0.3 is 20.7 Å². The van der Waals surface area contributed by atoms with E-state index in [2.05, 4.69) is 12.2 Å². The lowest BCUT2D eigenvalue weighted by Gasteiger charge is -2.24. The number of urea groups is 1. The Morgan fingerprint density at radius 2 is 1.61 bits per heavy atom. The smallest absolute Gasteiger partial charge is 0.331 e. The number of hydrogen-bond acceptors (Lipinski definition) is 5. The fourth-order valence-electron chi connectivity index (χ4n) is 4.58. The van der Waals surface area contributed by atoms with Gasteiger partial charge in [0, 0.05) is 19.0 Å². The van der Waals surface area contributed by atoms with Crippen LogP contribution in [0.4, 0.5) is 10.5 Å². The number of imide groups is 1. The van der Waals surface area contributed by atoms with Gasteiger partial charge in [0.25, 0.3) is 5.91 Å². The van der Waals surface area contributed by atoms with Gasteiger partial charge >= 0.3 is 6.03 Å². The molecule has 2 rings (SSSR count). The summed E-state index contributed by atoms with van der Waals surface area (Å²) in [6.45, 7) is 3.14. The molecular weight excluding hydrogens is 456 g/mol. The van der Waals surface area contributed by atoms with Gasteiger partial charge in [0.2, 0.25) is 5.91 Å². The third-order valence-electron chi connectivity index (χ3n) is 6.69. The highest BCUT2D eigenvalue weighted by molar-refractivity contribution is 6.19. The quantitative estimate of drug-likeness (QED) is 0.205. The Hall–Kier alpha value is -2.61. The van der Waals surface area contributed by atoms with Crippen LogP contribution < -0.4 is 20.7 Å². The molecule has 36 heavy (non-hydrogen) atoms. The molecule has 1 heterocycles. The van der Waals surface area contributed by atoms with Crippen molar-refractivity contribution in [2.75, 3.05) is 31.6 Å². The molecule has 0 spiro atoms. The summed E-state index contributed by atoms with van der Waals surface area (Å²) in [5, 5.41) is 3.11. The van der Waals surface area contributed by atoms with Gasteiger partial charge in [0.15, 0.2) is 0 Å². The zero-order valence-corrected chi connectivity index (χ0v) is 22.3. The van der Waals surface area contributed by atoms with Crippen LogP contribution in [0.15, 0.2) is 24.3 Å². The molecule has 0 unspecified atom stereocenters. The molecule has 1 fully saturated rings. The number of unbranched alkanes of at least 4 members (excludes halogenated alkanes) is 9. The van der Waals surface area contributed by atoms with Crippen LogP contribution in [0.25, 0.3) is 0 Å². The predicted octanol–water partition coefficient (Wildman–Crippen LogP) is 5.00. The van der Waals surface area contributed by atoms with E-state index in [4.69, 9.17) is 10.5 Å². The van der Waals surface area contributed by atoms with Gasteiger partial charge in [-0.3, -0.25) is 9.59 Å². The van der Waals surface area contributed by atoms with Gasteiger partial charge in [-0.1, -0.05) is 64.7 Å². The lowest BCUT2D eigenvalue weighted by Crippen LogP contribution is -2.45. The lowest BCUT2D eigenvalue weighted by molar-refractivity contribution is -0.122. The SMILES string of the molecule is CCCCCCCCCCCC(=O)N[C@@H](CCCCN)CN1CC(=O)N(c2ccc(OC)cc2)C1=O. The molecule has 202 valence electrons. The summed E-state index contributed by atoms with van der Waals surface area (Å²) in [5.74, 6) is 0.400. The Bertz CT molecular complexity index is 799. The number of hydrogen-bond donors (Lipinski definition) is 2. The van der Waals surface area contributed by atoms with Crippen LogP contribution in [0.2, 0.25) is 0 Å². The minimum atomic E-state index is -0.359. The van der Waals surface area contributed by atoms with Crippen LogP contribution >= 0.6 is 0 Å². The minimum absolute atomic E-state index is 0.00633. The largest absolute Gasteiger partial charge is 0.497 e. The first-order valence-electron chi connectivity index (χ1n) is 13.8. The highest BCUT2D eigenvalue weighted by atomic mass is 16.5. The van der Waals surface area contributed by atoms with Crippen molar-refractivity contribution in [1.29, 1.82) is 0 Å². The normalized spacial score (nSPS) is 14.4. The maximum atomic E-state index is 13.0. The predicted molar refractivity (Wildman–Crippen MR) is 144 cm³/mol. The van der Waals surface area contributed by atoms with E-state index in [1.54, 1.807) is 31.4 Å². The van der Waals surface area contributed by atoms with E-state index in [0.717, 1.165) is 32.1 Å². The van der Waals surface area contributed by atoms with Gasteiger partial charge in [0.05, 0.1) is 12.8 Å². The van der Waals surface area contributed by atoms with Gasteiger partial charge in [-0.2, -0.15) is 0 Å². The number of carbonyl (C=O) groups excluding carboxylic acids is 3. The molecule has 0 radical (unpaired) electrons.